The Morgan fingerprint density at radius 2 is 2.24 bits per heavy atom. The topological polar surface area (TPSA) is 47.2 Å². The predicted octanol–water partition coefficient (Wildman–Crippen LogP) is 3.72. The van der Waals surface area contributed by atoms with E-state index in [0.717, 1.165) is 24.6 Å². The van der Waals surface area contributed by atoms with Crippen LogP contribution in [0.4, 0.5) is 17.2 Å². The van der Waals surface area contributed by atoms with E-state index in [9.17, 15) is 0 Å². The zero-order valence-electron chi connectivity index (χ0n) is 14.5. The molecule has 1 aromatic carbocycles. The first-order chi connectivity index (χ1) is 12.3. The molecule has 5 rings (SSSR count). The highest BCUT2D eigenvalue weighted by Crippen LogP contribution is 2.36. The Hall–Kier alpha value is -2.53. The van der Waals surface area contributed by atoms with Crippen LogP contribution in [-0.4, -0.2) is 41.2 Å². The first-order valence-electron chi connectivity index (χ1n) is 9.06. The molecule has 0 saturated carbocycles. The summed E-state index contributed by atoms with van der Waals surface area (Å²) in [5.41, 5.74) is 5.01. The molecule has 2 N–H and O–H groups in total. The summed E-state index contributed by atoms with van der Waals surface area (Å²) in [5.74, 6) is 0.962. The van der Waals surface area contributed by atoms with Gasteiger partial charge in [-0.15, -0.1) is 0 Å². The van der Waals surface area contributed by atoms with E-state index >= 15 is 0 Å². The van der Waals surface area contributed by atoms with Crippen molar-refractivity contribution in [2.45, 2.75) is 25.3 Å². The molecule has 4 heterocycles. The fraction of sp³-hybridized carbons (Fsp3) is 0.350. The van der Waals surface area contributed by atoms with Crippen molar-refractivity contribution in [3.63, 3.8) is 0 Å². The van der Waals surface area contributed by atoms with Gasteiger partial charge in [-0.25, -0.2) is 4.98 Å². The van der Waals surface area contributed by atoms with E-state index in [2.05, 4.69) is 62.6 Å². The van der Waals surface area contributed by atoms with Gasteiger partial charge in [-0.05, 0) is 68.8 Å². The fourth-order valence-corrected chi connectivity index (χ4v) is 4.21. The molecule has 0 amide bonds. The molecule has 5 heteroatoms. The minimum absolute atomic E-state index is 0.668. The fourth-order valence-electron chi connectivity index (χ4n) is 4.21. The highest BCUT2D eigenvalue weighted by molar-refractivity contribution is 5.89. The maximum Gasteiger partial charge on any atom is 0.151 e. The Kier molecular flexibility index (Phi) is 3.41. The molecule has 25 heavy (non-hydrogen) atoms. The average molecular weight is 333 g/mol. The number of H-pyrrole nitrogens is 1. The van der Waals surface area contributed by atoms with Gasteiger partial charge in [0.2, 0.25) is 0 Å². The van der Waals surface area contributed by atoms with Gasteiger partial charge in [0.1, 0.15) is 0 Å². The Bertz CT molecular complexity index is 915. The second-order valence-electron chi connectivity index (χ2n) is 7.16. The Labute approximate surface area is 147 Å². The molecular formula is C20H23N5. The third-order valence-corrected chi connectivity index (χ3v) is 5.67. The Morgan fingerprint density at radius 3 is 3.12 bits per heavy atom. The third-order valence-electron chi connectivity index (χ3n) is 5.67. The predicted molar refractivity (Wildman–Crippen MR) is 103 cm³/mol. The van der Waals surface area contributed by atoms with Crippen LogP contribution in [0.2, 0.25) is 0 Å². The number of pyridine rings is 1. The van der Waals surface area contributed by atoms with Crippen LogP contribution in [0.1, 0.15) is 18.4 Å². The Balaban J connectivity index is 1.50. The van der Waals surface area contributed by atoms with Crippen LogP contribution in [0.3, 0.4) is 0 Å². The van der Waals surface area contributed by atoms with Gasteiger partial charge in [-0.2, -0.15) is 0 Å². The quantitative estimate of drug-likeness (QED) is 0.767. The SMILES string of the molecule is CN1CCCC1Cc1c[nH]c2ccc(N3CNc4ncccc43)cc12. The van der Waals surface area contributed by atoms with Crippen LogP contribution < -0.4 is 10.2 Å². The lowest BCUT2D eigenvalue weighted by molar-refractivity contribution is 0.310. The summed E-state index contributed by atoms with van der Waals surface area (Å²) in [6, 6.07) is 11.5. The number of nitrogens with one attached hydrogen (secondary N) is 2. The standard InChI is InChI=1S/C20H23N5/c1-24-9-3-4-15(24)10-14-12-22-18-7-6-16(11-17(14)18)25-13-23-20-19(25)5-2-8-21-20/h2,5-8,11-12,15,22H,3-4,9-10,13H2,1H3,(H,21,23). The number of hydrogen-bond donors (Lipinski definition) is 2. The molecule has 0 aliphatic carbocycles. The highest BCUT2D eigenvalue weighted by Gasteiger charge is 2.23. The maximum atomic E-state index is 4.42. The zero-order valence-corrected chi connectivity index (χ0v) is 14.5. The second kappa shape index (κ2) is 5.77. The van der Waals surface area contributed by atoms with Gasteiger partial charge in [-0.3, -0.25) is 0 Å². The lowest BCUT2D eigenvalue weighted by Crippen LogP contribution is -2.26. The summed E-state index contributed by atoms with van der Waals surface area (Å²) in [5, 5.41) is 4.71. The minimum Gasteiger partial charge on any atom is -0.361 e. The van der Waals surface area contributed by atoms with Crippen molar-refractivity contribution in [3.8, 4) is 0 Å². The Morgan fingerprint density at radius 1 is 1.28 bits per heavy atom. The molecule has 0 bridgehead atoms. The maximum absolute atomic E-state index is 4.42. The number of rotatable bonds is 3. The molecular weight excluding hydrogens is 310 g/mol. The lowest BCUT2D eigenvalue weighted by Gasteiger charge is -2.20. The van der Waals surface area contributed by atoms with E-state index in [1.54, 1.807) is 0 Å². The van der Waals surface area contributed by atoms with Gasteiger partial charge in [0, 0.05) is 35.0 Å². The number of benzene rings is 1. The van der Waals surface area contributed by atoms with E-state index in [1.165, 1.54) is 41.5 Å². The van der Waals surface area contributed by atoms with E-state index in [4.69, 9.17) is 0 Å². The van der Waals surface area contributed by atoms with Gasteiger partial charge < -0.3 is 20.1 Å². The summed E-state index contributed by atoms with van der Waals surface area (Å²) in [7, 11) is 2.25. The van der Waals surface area contributed by atoms with Crippen LogP contribution in [0.25, 0.3) is 10.9 Å². The molecule has 1 unspecified atom stereocenters. The number of hydrogen-bond acceptors (Lipinski definition) is 4. The van der Waals surface area contributed by atoms with E-state index in [0.29, 0.717) is 6.04 Å². The van der Waals surface area contributed by atoms with E-state index in [-0.39, 0.29) is 0 Å². The molecule has 1 fully saturated rings. The van der Waals surface area contributed by atoms with Crippen molar-refractivity contribution in [1.82, 2.24) is 14.9 Å². The minimum atomic E-state index is 0.668. The van der Waals surface area contributed by atoms with Crippen LogP contribution in [-0.2, 0) is 6.42 Å². The molecule has 0 radical (unpaired) electrons. The number of aromatic amines is 1. The summed E-state index contributed by atoms with van der Waals surface area (Å²) in [6.07, 6.45) is 7.77. The molecule has 0 spiro atoms. The van der Waals surface area contributed by atoms with Crippen LogP contribution in [0.5, 0.6) is 0 Å². The monoisotopic (exact) mass is 333 g/mol. The van der Waals surface area contributed by atoms with Crippen LogP contribution in [0.15, 0.2) is 42.7 Å². The van der Waals surface area contributed by atoms with Crippen molar-refractivity contribution >= 4 is 28.1 Å². The highest BCUT2D eigenvalue weighted by atomic mass is 15.3. The summed E-state index contributed by atoms with van der Waals surface area (Å²) < 4.78 is 0. The molecule has 2 aliphatic heterocycles. The third kappa shape index (κ3) is 2.46. The number of aromatic nitrogens is 2. The number of likely N-dealkylation sites (N-methyl/N-ethyl adjacent to an activating group) is 1. The molecule has 3 aromatic rings. The van der Waals surface area contributed by atoms with Crippen molar-refractivity contribution in [3.05, 3.63) is 48.3 Å². The number of fused-ring (bicyclic) bond motifs is 2. The van der Waals surface area contributed by atoms with Gasteiger partial charge in [0.05, 0.1) is 12.4 Å². The molecule has 2 aromatic heterocycles. The van der Waals surface area contributed by atoms with Gasteiger partial charge in [0.25, 0.3) is 0 Å². The average Bonchev–Trinajstić information content (AvgIpc) is 3.34. The normalized spacial score (nSPS) is 20.2. The number of nitrogens with zero attached hydrogens (tertiary/aromatic N) is 3. The molecule has 1 atom stereocenters. The summed E-state index contributed by atoms with van der Waals surface area (Å²) in [6.45, 7) is 1.99. The van der Waals surface area contributed by atoms with Crippen molar-refractivity contribution in [1.29, 1.82) is 0 Å². The zero-order chi connectivity index (χ0) is 16.8. The van der Waals surface area contributed by atoms with Crippen LogP contribution >= 0.6 is 0 Å². The first kappa shape index (κ1) is 14.8. The van der Waals surface area contributed by atoms with Gasteiger partial charge in [0.15, 0.2) is 5.82 Å². The summed E-state index contributed by atoms with van der Waals surface area (Å²) >= 11 is 0. The van der Waals surface area contributed by atoms with Crippen molar-refractivity contribution in [2.75, 3.05) is 30.5 Å². The van der Waals surface area contributed by atoms with Gasteiger partial charge >= 0.3 is 0 Å². The van der Waals surface area contributed by atoms with Crippen molar-refractivity contribution in [2.24, 2.45) is 0 Å². The molecule has 5 nitrogen and oxygen atoms in total. The van der Waals surface area contributed by atoms with E-state index in [1.807, 2.05) is 12.3 Å². The smallest absolute Gasteiger partial charge is 0.151 e. The molecule has 1 saturated heterocycles. The second-order valence-corrected chi connectivity index (χ2v) is 7.16. The number of likely N-dealkylation sites (tertiary alicyclic amines) is 1. The molecule has 128 valence electrons. The van der Waals surface area contributed by atoms with Gasteiger partial charge in [-0.1, -0.05) is 0 Å². The molecule has 2 aliphatic rings. The van der Waals surface area contributed by atoms with E-state index < -0.39 is 0 Å². The number of anilines is 3. The first-order valence-corrected chi connectivity index (χ1v) is 9.06. The lowest BCUT2D eigenvalue weighted by atomic mass is 10.0. The van der Waals surface area contributed by atoms with Crippen LogP contribution in [0, 0.1) is 0 Å². The summed E-state index contributed by atoms with van der Waals surface area (Å²) in [4.78, 5) is 12.7. The van der Waals surface area contributed by atoms with Crippen molar-refractivity contribution < 1.29 is 0 Å². The largest absolute Gasteiger partial charge is 0.361 e.